The summed E-state index contributed by atoms with van der Waals surface area (Å²) in [6, 6.07) is -0.00936. The van der Waals surface area contributed by atoms with Crippen LogP contribution in [0.2, 0.25) is 0 Å². The van der Waals surface area contributed by atoms with Gasteiger partial charge in [-0.05, 0) is 12.3 Å². The summed E-state index contributed by atoms with van der Waals surface area (Å²) in [4.78, 5) is 22.4. The van der Waals surface area contributed by atoms with Crippen LogP contribution in [0.3, 0.4) is 0 Å². The molecule has 0 spiro atoms. The first-order valence-corrected chi connectivity index (χ1v) is 5.80. The van der Waals surface area contributed by atoms with Gasteiger partial charge in [0.1, 0.15) is 0 Å². The number of carbonyl (C=O) groups excluding carboxylic acids is 2. The lowest BCUT2D eigenvalue weighted by Crippen LogP contribution is -2.41. The summed E-state index contributed by atoms with van der Waals surface area (Å²) in [5, 5.41) is 5.60. The largest absolute Gasteiger partial charge is 0.354 e. The number of hydrogen-bond acceptors (Lipinski definition) is 3. The highest BCUT2D eigenvalue weighted by Crippen LogP contribution is 2.06. The topological polar surface area (TPSA) is 84.2 Å². The predicted molar refractivity (Wildman–Crippen MR) is 61.6 cm³/mol. The molecule has 0 bridgehead atoms. The molecule has 1 rings (SSSR count). The summed E-state index contributed by atoms with van der Waals surface area (Å²) >= 11 is 0. The van der Waals surface area contributed by atoms with Gasteiger partial charge in [0.25, 0.3) is 0 Å². The molecule has 2 unspecified atom stereocenters. The van der Waals surface area contributed by atoms with Crippen LogP contribution >= 0.6 is 0 Å². The second kappa shape index (κ2) is 5.84. The maximum absolute atomic E-state index is 11.5. The van der Waals surface area contributed by atoms with Gasteiger partial charge in [0.05, 0.1) is 0 Å². The van der Waals surface area contributed by atoms with Gasteiger partial charge in [0, 0.05) is 31.5 Å². The highest BCUT2D eigenvalue weighted by Gasteiger charge is 2.21. The smallest absolute Gasteiger partial charge is 0.221 e. The molecule has 0 aromatic carbocycles. The van der Waals surface area contributed by atoms with Crippen LogP contribution in [0.4, 0.5) is 0 Å². The first-order valence-electron chi connectivity index (χ1n) is 5.80. The maximum atomic E-state index is 11.5. The molecule has 4 N–H and O–H groups in total. The fourth-order valence-electron chi connectivity index (χ4n) is 1.59. The number of rotatable bonds is 5. The third-order valence-electron chi connectivity index (χ3n) is 2.91. The van der Waals surface area contributed by atoms with Crippen LogP contribution in [0.1, 0.15) is 33.1 Å². The number of nitrogens with two attached hydrogens (primary N) is 1. The van der Waals surface area contributed by atoms with E-state index in [-0.39, 0.29) is 23.9 Å². The van der Waals surface area contributed by atoms with Gasteiger partial charge in [-0.1, -0.05) is 13.8 Å². The van der Waals surface area contributed by atoms with Gasteiger partial charge in [-0.2, -0.15) is 0 Å². The molecule has 0 aromatic rings. The van der Waals surface area contributed by atoms with Gasteiger partial charge in [-0.3, -0.25) is 9.59 Å². The first-order chi connectivity index (χ1) is 7.49. The van der Waals surface area contributed by atoms with Gasteiger partial charge < -0.3 is 16.4 Å². The lowest BCUT2D eigenvalue weighted by molar-refractivity contribution is -0.122. The lowest BCUT2D eigenvalue weighted by Gasteiger charge is -2.16. The van der Waals surface area contributed by atoms with Crippen LogP contribution in [-0.2, 0) is 9.59 Å². The van der Waals surface area contributed by atoms with Gasteiger partial charge in [0.15, 0.2) is 0 Å². The molecule has 0 saturated carbocycles. The van der Waals surface area contributed by atoms with E-state index < -0.39 is 0 Å². The monoisotopic (exact) mass is 227 g/mol. The van der Waals surface area contributed by atoms with E-state index in [1.54, 1.807) is 0 Å². The average Bonchev–Trinajstić information content (AvgIpc) is 2.61. The van der Waals surface area contributed by atoms with Crippen LogP contribution in [0.5, 0.6) is 0 Å². The van der Waals surface area contributed by atoms with E-state index in [4.69, 9.17) is 5.73 Å². The molecule has 1 aliphatic rings. The van der Waals surface area contributed by atoms with Crippen molar-refractivity contribution in [3.8, 4) is 0 Å². The molecule has 1 fully saturated rings. The van der Waals surface area contributed by atoms with Gasteiger partial charge in [-0.25, -0.2) is 0 Å². The average molecular weight is 227 g/mol. The van der Waals surface area contributed by atoms with Crippen molar-refractivity contribution >= 4 is 11.8 Å². The Kier molecular flexibility index (Phi) is 4.73. The van der Waals surface area contributed by atoms with E-state index in [9.17, 15) is 9.59 Å². The van der Waals surface area contributed by atoms with E-state index in [1.807, 2.05) is 13.8 Å². The van der Waals surface area contributed by atoms with Gasteiger partial charge in [-0.15, -0.1) is 0 Å². The summed E-state index contributed by atoms with van der Waals surface area (Å²) in [6.07, 6.45) is 1.71. The molecule has 92 valence electrons. The molecule has 1 aliphatic heterocycles. The minimum absolute atomic E-state index is 0.0395. The summed E-state index contributed by atoms with van der Waals surface area (Å²) in [5.41, 5.74) is 5.79. The number of hydrogen-bond donors (Lipinski definition) is 3. The molecule has 2 amide bonds. The zero-order valence-corrected chi connectivity index (χ0v) is 9.95. The van der Waals surface area contributed by atoms with Crippen LogP contribution in [-0.4, -0.2) is 30.4 Å². The molecule has 0 radical (unpaired) electrons. The van der Waals surface area contributed by atoms with Crippen LogP contribution < -0.4 is 16.4 Å². The second-order valence-corrected chi connectivity index (χ2v) is 4.72. The van der Waals surface area contributed by atoms with Crippen molar-refractivity contribution in [3.63, 3.8) is 0 Å². The highest BCUT2D eigenvalue weighted by molar-refractivity contribution is 5.79. The Hall–Kier alpha value is -1.10. The summed E-state index contributed by atoms with van der Waals surface area (Å²) in [6.45, 7) is 4.50. The fraction of sp³-hybridized carbons (Fsp3) is 0.818. The number of amides is 2. The van der Waals surface area contributed by atoms with Crippen molar-refractivity contribution in [2.45, 2.75) is 45.2 Å². The molecule has 0 aliphatic carbocycles. The Morgan fingerprint density at radius 3 is 2.81 bits per heavy atom. The van der Waals surface area contributed by atoms with Crippen LogP contribution in [0, 0.1) is 5.92 Å². The first kappa shape index (κ1) is 13.0. The molecule has 0 aromatic heterocycles. The Labute approximate surface area is 96.1 Å². The van der Waals surface area contributed by atoms with E-state index in [2.05, 4.69) is 10.6 Å². The number of carbonyl (C=O) groups is 2. The zero-order chi connectivity index (χ0) is 12.1. The summed E-state index contributed by atoms with van der Waals surface area (Å²) < 4.78 is 0. The molecule has 1 saturated heterocycles. The zero-order valence-electron chi connectivity index (χ0n) is 9.95. The van der Waals surface area contributed by atoms with E-state index in [1.165, 1.54) is 0 Å². The van der Waals surface area contributed by atoms with Crippen LogP contribution in [0.25, 0.3) is 0 Å². The standard InChI is InChI=1S/C11H21N3O2/c1-7(2)9(12)5-11(16)13-6-8-3-4-10(15)14-8/h7-9H,3-6,12H2,1-2H3,(H,13,16)(H,14,15). The Balaban J connectivity index is 2.17. The molecule has 1 heterocycles. The normalized spacial score (nSPS) is 22.0. The molecular weight excluding hydrogens is 206 g/mol. The number of nitrogens with one attached hydrogen (secondary N) is 2. The van der Waals surface area contributed by atoms with Crippen molar-refractivity contribution in [2.75, 3.05) is 6.54 Å². The summed E-state index contributed by atoms with van der Waals surface area (Å²) in [7, 11) is 0. The van der Waals surface area contributed by atoms with E-state index in [0.717, 1.165) is 6.42 Å². The molecule has 5 heteroatoms. The van der Waals surface area contributed by atoms with Crippen molar-refractivity contribution in [3.05, 3.63) is 0 Å². The second-order valence-electron chi connectivity index (χ2n) is 4.72. The fourth-order valence-corrected chi connectivity index (χ4v) is 1.59. The SMILES string of the molecule is CC(C)C(N)CC(=O)NCC1CCC(=O)N1. The highest BCUT2D eigenvalue weighted by atomic mass is 16.2. The molecular formula is C11H21N3O2. The third kappa shape index (κ3) is 4.18. The minimum atomic E-state index is -0.0989. The van der Waals surface area contributed by atoms with Crippen molar-refractivity contribution in [1.29, 1.82) is 0 Å². The lowest BCUT2D eigenvalue weighted by atomic mass is 10.0. The Bertz CT molecular complexity index is 266. The van der Waals surface area contributed by atoms with Crippen molar-refractivity contribution < 1.29 is 9.59 Å². The molecule has 2 atom stereocenters. The molecule has 5 nitrogen and oxygen atoms in total. The van der Waals surface area contributed by atoms with Gasteiger partial charge in [0.2, 0.25) is 11.8 Å². The van der Waals surface area contributed by atoms with E-state index in [0.29, 0.717) is 25.3 Å². The maximum Gasteiger partial charge on any atom is 0.221 e. The summed E-state index contributed by atoms with van der Waals surface area (Å²) in [5.74, 6) is 0.331. The van der Waals surface area contributed by atoms with Crippen molar-refractivity contribution in [1.82, 2.24) is 10.6 Å². The van der Waals surface area contributed by atoms with Gasteiger partial charge >= 0.3 is 0 Å². The van der Waals surface area contributed by atoms with Crippen LogP contribution in [0.15, 0.2) is 0 Å². The predicted octanol–water partition coefficient (Wildman–Crippen LogP) is -0.245. The third-order valence-corrected chi connectivity index (χ3v) is 2.91. The minimum Gasteiger partial charge on any atom is -0.354 e. The Morgan fingerprint density at radius 1 is 1.62 bits per heavy atom. The van der Waals surface area contributed by atoms with Crippen molar-refractivity contribution in [2.24, 2.45) is 11.7 Å². The van der Waals surface area contributed by atoms with E-state index >= 15 is 0 Å². The quantitative estimate of drug-likeness (QED) is 0.606. The Morgan fingerprint density at radius 2 is 2.31 bits per heavy atom. The molecule has 16 heavy (non-hydrogen) atoms.